The second-order valence-electron chi connectivity index (χ2n) is 28.8. The molecule has 2 aromatic carbocycles. The van der Waals surface area contributed by atoms with E-state index < -0.39 is 208 Å². The highest BCUT2D eigenvalue weighted by molar-refractivity contribution is 5.90. The normalized spacial score (nSPS) is 30.5. The summed E-state index contributed by atoms with van der Waals surface area (Å²) < 4.78 is 149. The van der Waals surface area contributed by atoms with Gasteiger partial charge in [0.25, 0.3) is 0 Å². The number of esters is 7. The first kappa shape index (κ1) is 98.1. The van der Waals surface area contributed by atoms with Gasteiger partial charge in [-0.1, -0.05) is 145 Å². The molecule has 0 bridgehead atoms. The fourth-order valence-corrected chi connectivity index (χ4v) is 13.8. The second kappa shape index (κ2) is 53.0. The second-order valence-corrected chi connectivity index (χ2v) is 28.8. The smallest absolute Gasteiger partial charge is 0.338 e. The maximum Gasteiger partial charge on any atom is 0.338 e. The summed E-state index contributed by atoms with van der Waals surface area (Å²) in [6.07, 6.45) is -28.8. The van der Waals surface area contributed by atoms with Gasteiger partial charge in [-0.05, 0) is 85.8 Å². The molecule has 39 heteroatoms. The van der Waals surface area contributed by atoms with Crippen LogP contribution in [0.5, 0.6) is 0 Å². The summed E-state index contributed by atoms with van der Waals surface area (Å²) in [5, 5.41) is 12.4. The summed E-state index contributed by atoms with van der Waals surface area (Å²) in [6, 6.07) is 11.1. The standard InChI is InChI=1S/C80H119N9O30/c1-13-20-37-99-58-52(44-106-47(8)90)111-77(56(85-88-82)61(58)100-38-21-14-2)116-66-64(102-40-23-16-4)70(104-42-25-18-6)79(119-69(66)75(96)105-43-26-19-7)115-60-53(45-107-48(9)91)112-78(57(86-89-83)63(60)109-49(10)92)117-67-65(103-41-24-17-5)71(113-73(94)51-35-31-28-32-36-51)80(118-68(67)74(95)97-11)114-59-54(46-108-72(93)50-33-29-27-30-34-50)110-76(98-12)55(84-87-81)62(59)101-39-22-15-3/h27-36,52-71,76-80H,13-26,37-46H2,1-12H3/t52?,53?,54?,55?,56?,57?,58-,59-,60-,61-,62-,63-,64?,65+,66+,67+,68?,69?,70+,71+,76+,77-,78-,79-,80?/m1/s1. The third-order valence-corrected chi connectivity index (χ3v) is 19.9. The van der Waals surface area contributed by atoms with E-state index >= 15 is 4.79 Å². The number of azide groups is 3. The molecular weight excluding hydrogens is 1570 g/mol. The summed E-state index contributed by atoms with van der Waals surface area (Å²) in [6.45, 7) is 15.0. The van der Waals surface area contributed by atoms with Crippen LogP contribution in [0, 0.1) is 0 Å². The Morgan fingerprint density at radius 1 is 0.345 bits per heavy atom. The van der Waals surface area contributed by atoms with Gasteiger partial charge in [0, 0.05) is 82.3 Å². The number of hydrogen-bond acceptors (Lipinski definition) is 33. The molecular formula is C80H119N9O30. The molecule has 0 radical (unpaired) electrons. The van der Waals surface area contributed by atoms with Gasteiger partial charge in [0.2, 0.25) is 0 Å². The van der Waals surface area contributed by atoms with Crippen molar-refractivity contribution in [2.45, 2.75) is 312 Å². The minimum absolute atomic E-state index is 0.000544. The van der Waals surface area contributed by atoms with Gasteiger partial charge < -0.3 is 109 Å². The number of ether oxygens (including phenoxy) is 23. The zero-order valence-corrected chi connectivity index (χ0v) is 70.0. The number of hydrogen-bond donors (Lipinski definition) is 0. The van der Waals surface area contributed by atoms with Crippen LogP contribution in [-0.4, -0.2) is 275 Å². The highest BCUT2D eigenvalue weighted by Gasteiger charge is 2.62. The van der Waals surface area contributed by atoms with Crippen LogP contribution in [0.3, 0.4) is 0 Å². The number of nitrogens with zero attached hydrogens (tertiary/aromatic N) is 9. The van der Waals surface area contributed by atoms with Crippen LogP contribution in [0.15, 0.2) is 76.0 Å². The molecule has 5 fully saturated rings. The van der Waals surface area contributed by atoms with Crippen molar-refractivity contribution >= 4 is 41.8 Å². The topological polar surface area (TPSA) is 478 Å². The summed E-state index contributed by atoms with van der Waals surface area (Å²) in [4.78, 5) is 108. The summed E-state index contributed by atoms with van der Waals surface area (Å²) >= 11 is 0. The molecule has 7 rings (SSSR count). The van der Waals surface area contributed by atoms with Gasteiger partial charge in [0.1, 0.15) is 111 Å². The monoisotopic (exact) mass is 1690 g/mol. The van der Waals surface area contributed by atoms with Crippen LogP contribution in [0.25, 0.3) is 31.3 Å². The average Bonchev–Trinajstić information content (AvgIpc) is 0.755. The van der Waals surface area contributed by atoms with Crippen LogP contribution in [0.4, 0.5) is 0 Å². The molecule has 5 aliphatic heterocycles. The van der Waals surface area contributed by atoms with E-state index in [1.54, 1.807) is 36.4 Å². The number of carbonyl (C=O) groups excluding carboxylic acids is 7. The van der Waals surface area contributed by atoms with E-state index in [0.717, 1.165) is 27.4 Å². The van der Waals surface area contributed by atoms with Crippen molar-refractivity contribution in [2.75, 3.05) is 80.3 Å². The van der Waals surface area contributed by atoms with E-state index in [2.05, 4.69) is 30.1 Å². The lowest BCUT2D eigenvalue weighted by atomic mass is 9.93. The molecule has 25 atom stereocenters. The molecule has 0 amide bonds. The van der Waals surface area contributed by atoms with Crippen molar-refractivity contribution in [2.24, 2.45) is 15.3 Å². The molecule has 0 aromatic heterocycles. The Morgan fingerprint density at radius 2 is 0.697 bits per heavy atom. The lowest BCUT2D eigenvalue weighted by molar-refractivity contribution is -0.380. The zero-order chi connectivity index (χ0) is 86.2. The number of carbonyl (C=O) groups is 7. The number of unbranched alkanes of at least 4 members (excludes halogenated alkanes) is 7. The lowest BCUT2D eigenvalue weighted by Gasteiger charge is -2.51. The van der Waals surface area contributed by atoms with Gasteiger partial charge in [-0.2, -0.15) is 0 Å². The molecule has 5 aliphatic rings. The van der Waals surface area contributed by atoms with Gasteiger partial charge in [-0.25, -0.2) is 19.2 Å². The zero-order valence-electron chi connectivity index (χ0n) is 70.0. The van der Waals surface area contributed by atoms with Crippen LogP contribution >= 0.6 is 0 Å². The van der Waals surface area contributed by atoms with Gasteiger partial charge in [-0.3, -0.25) is 14.4 Å². The van der Waals surface area contributed by atoms with Crippen LogP contribution < -0.4 is 0 Å². The largest absolute Gasteiger partial charge is 0.467 e. The minimum atomic E-state index is -2.09. The number of rotatable bonds is 51. The Balaban J connectivity index is 1.40. The third-order valence-electron chi connectivity index (χ3n) is 19.9. The van der Waals surface area contributed by atoms with Gasteiger partial charge in [-0.15, -0.1) is 0 Å². The highest BCUT2D eigenvalue weighted by Crippen LogP contribution is 2.42. The van der Waals surface area contributed by atoms with Crippen molar-refractivity contribution in [3.8, 4) is 0 Å². The summed E-state index contributed by atoms with van der Waals surface area (Å²) in [7, 11) is 2.32. The predicted molar refractivity (Wildman–Crippen MR) is 416 cm³/mol. The fraction of sp³-hybridized carbons (Fsp3) is 0.762. The van der Waals surface area contributed by atoms with Crippen molar-refractivity contribution in [1.82, 2.24) is 0 Å². The molecule has 0 saturated carbocycles. The average molecular weight is 1690 g/mol. The Labute approximate surface area is 692 Å². The Bertz CT molecular complexity index is 3550. The van der Waals surface area contributed by atoms with E-state index in [-0.39, 0.29) is 64.0 Å². The Morgan fingerprint density at radius 3 is 1.13 bits per heavy atom. The van der Waals surface area contributed by atoms with Crippen molar-refractivity contribution in [1.29, 1.82) is 0 Å². The quantitative estimate of drug-likeness (QED) is 0.0148. The molecule has 39 nitrogen and oxygen atoms in total. The molecule has 0 N–H and O–H groups in total. The summed E-state index contributed by atoms with van der Waals surface area (Å²) in [5.74, 6) is -6.53. The van der Waals surface area contributed by atoms with Crippen LogP contribution in [0.1, 0.15) is 180 Å². The van der Waals surface area contributed by atoms with Crippen molar-refractivity contribution in [3.05, 3.63) is 103 Å². The first-order valence-electron chi connectivity index (χ1n) is 41.1. The van der Waals surface area contributed by atoms with Gasteiger partial charge >= 0.3 is 41.8 Å². The van der Waals surface area contributed by atoms with Crippen molar-refractivity contribution < 1.29 is 143 Å². The molecule has 5 saturated heterocycles. The molecule has 0 spiro atoms. The fourth-order valence-electron chi connectivity index (χ4n) is 13.8. The van der Waals surface area contributed by atoms with Gasteiger partial charge in [0.15, 0.2) is 49.8 Å². The number of benzene rings is 2. The molecule has 2 aromatic rings. The molecule has 5 heterocycles. The maximum absolute atomic E-state index is 15.3. The van der Waals surface area contributed by atoms with Crippen LogP contribution in [-0.2, 0) is 133 Å². The highest BCUT2D eigenvalue weighted by atomic mass is 16.8. The summed E-state index contributed by atoms with van der Waals surface area (Å²) in [5.41, 5.74) is 31.5. The van der Waals surface area contributed by atoms with Crippen molar-refractivity contribution in [3.63, 3.8) is 0 Å². The molecule has 119 heavy (non-hydrogen) atoms. The minimum Gasteiger partial charge on any atom is -0.467 e. The SMILES string of the molecule is CCCCOC(=O)C1O[C@@H](O[C@@H]2C(COC(C)=O)O[C@H](O[C@@H]3C(C(=O)OC)OC(O[C@@H]4C(COC(=O)c5ccccc5)O[C@H](OC)C(N=[N+]=[N-])[C@H]4OCCCC)[C@@H](OC(=O)c4ccccc4)[C@H]3OCCCC)C(N=[N+]=[N-])[C@H]2OC(C)=O)[C@@H](OCCCC)C(OCCCC)[C@@H]1O[C@H]1OC(COC(C)=O)[C@@H](OCCCC)[C@H](OCCCC)C1N=[N+]=[N-]. The molecule has 0 aliphatic carbocycles. The van der Waals surface area contributed by atoms with E-state index in [0.29, 0.717) is 83.5 Å². The number of methoxy groups -OCH3 is 2. The van der Waals surface area contributed by atoms with E-state index in [1.807, 2.05) is 48.5 Å². The predicted octanol–water partition coefficient (Wildman–Crippen LogP) is 10.6. The Kier molecular flexibility index (Phi) is 43.7. The van der Waals surface area contributed by atoms with E-state index in [4.69, 9.17) is 109 Å². The Hall–Kier alpha value is -7.98. The maximum atomic E-state index is 15.3. The lowest BCUT2D eigenvalue weighted by Crippen LogP contribution is -2.69. The first-order chi connectivity index (χ1) is 57.7. The van der Waals surface area contributed by atoms with Crippen LogP contribution in [0.2, 0.25) is 0 Å². The van der Waals surface area contributed by atoms with E-state index in [1.165, 1.54) is 38.3 Å². The first-order valence-corrected chi connectivity index (χ1v) is 41.1. The van der Waals surface area contributed by atoms with E-state index in [9.17, 15) is 45.4 Å². The third kappa shape index (κ3) is 28.8. The molecule has 10 unspecified atom stereocenters. The molecule has 664 valence electrons. The van der Waals surface area contributed by atoms with Gasteiger partial charge in [0.05, 0.1) is 37.1 Å².